The second-order valence-electron chi connectivity index (χ2n) is 8.46. The number of rotatable bonds is 18. The second kappa shape index (κ2) is 17.0. The van der Waals surface area contributed by atoms with E-state index in [1.807, 2.05) is 0 Å². The summed E-state index contributed by atoms with van der Waals surface area (Å²) in [5.74, 6) is 0. The maximum atomic E-state index is 3.53. The lowest BCUT2D eigenvalue weighted by Crippen LogP contribution is -2.18. The van der Waals surface area contributed by atoms with Gasteiger partial charge in [0.05, 0.1) is 0 Å². The van der Waals surface area contributed by atoms with Gasteiger partial charge >= 0.3 is 0 Å². The van der Waals surface area contributed by atoms with Gasteiger partial charge in [-0.3, -0.25) is 0 Å². The third-order valence-electron chi connectivity index (χ3n) is 6.13. The van der Waals surface area contributed by atoms with Gasteiger partial charge in [0.15, 0.2) is 0 Å². The summed E-state index contributed by atoms with van der Waals surface area (Å²) in [4.78, 5) is 0. The fourth-order valence-corrected chi connectivity index (χ4v) is 4.17. The fraction of sp³-hybridized carbons (Fsp3) is 0.769. The summed E-state index contributed by atoms with van der Waals surface area (Å²) in [6.45, 7) is 4.57. The van der Waals surface area contributed by atoms with Crippen LogP contribution in [0.5, 0.6) is 0 Å². The Hall–Kier alpha value is -0.860. The van der Waals surface area contributed by atoms with E-state index in [1.54, 1.807) is 0 Å². The van der Waals surface area contributed by atoms with Gasteiger partial charge in [-0.15, -0.1) is 0 Å². The van der Waals surface area contributed by atoms with E-state index in [9.17, 15) is 0 Å². The van der Waals surface area contributed by atoms with Gasteiger partial charge < -0.3 is 10.6 Å². The van der Waals surface area contributed by atoms with Crippen LogP contribution < -0.4 is 10.6 Å². The molecule has 0 aliphatic heterocycles. The van der Waals surface area contributed by atoms with Crippen molar-refractivity contribution in [3.63, 3.8) is 0 Å². The van der Waals surface area contributed by atoms with Crippen LogP contribution in [-0.2, 0) is 0 Å². The van der Waals surface area contributed by atoms with E-state index in [1.165, 1.54) is 101 Å². The quantitative estimate of drug-likeness (QED) is 0.252. The highest BCUT2D eigenvalue weighted by molar-refractivity contribution is 5.27. The number of nitrogens with one attached hydrogen (secondary N) is 2. The van der Waals surface area contributed by atoms with Gasteiger partial charge in [0.1, 0.15) is 0 Å². The molecular formula is C26H48N2. The predicted molar refractivity (Wildman–Crippen MR) is 126 cm³/mol. The normalized spacial score (nSPS) is 13.6. The summed E-state index contributed by atoms with van der Waals surface area (Å²) in [6, 6.07) is 10.4. The van der Waals surface area contributed by atoms with Gasteiger partial charge in [0, 0.05) is 12.1 Å². The molecule has 2 N–H and O–H groups in total. The molecule has 0 spiro atoms. The molecule has 1 aromatic rings. The molecule has 1 aromatic carbocycles. The Kier molecular flexibility index (Phi) is 15.3. The van der Waals surface area contributed by atoms with Crippen molar-refractivity contribution < 1.29 is 0 Å². The van der Waals surface area contributed by atoms with E-state index >= 15 is 0 Å². The standard InChI is InChI=1S/C26H48N2/c1-5-7-9-11-13-15-17-25(27-3)23-19-21-24(22-20-23)26(28-4)18-16-14-12-10-8-6-2/h19-22,25-28H,5-18H2,1-4H3. The first kappa shape index (κ1) is 25.2. The van der Waals surface area contributed by atoms with Gasteiger partial charge in [-0.25, -0.2) is 0 Å². The predicted octanol–water partition coefficient (Wildman–Crippen LogP) is 7.71. The molecule has 0 fully saturated rings. The molecule has 0 aliphatic rings. The number of unbranched alkanes of at least 4 members (excludes halogenated alkanes) is 10. The topological polar surface area (TPSA) is 24.1 Å². The van der Waals surface area contributed by atoms with Crippen molar-refractivity contribution in [1.82, 2.24) is 10.6 Å². The van der Waals surface area contributed by atoms with Crippen LogP contribution in [0.3, 0.4) is 0 Å². The van der Waals surface area contributed by atoms with Crippen molar-refractivity contribution in [1.29, 1.82) is 0 Å². The molecule has 0 aromatic heterocycles. The van der Waals surface area contributed by atoms with Crippen molar-refractivity contribution >= 4 is 0 Å². The van der Waals surface area contributed by atoms with Crippen molar-refractivity contribution in [3.8, 4) is 0 Å². The van der Waals surface area contributed by atoms with Crippen molar-refractivity contribution in [2.75, 3.05) is 14.1 Å². The van der Waals surface area contributed by atoms with Crippen LogP contribution in [0.15, 0.2) is 24.3 Å². The molecule has 162 valence electrons. The minimum atomic E-state index is 0.492. The summed E-state index contributed by atoms with van der Waals surface area (Å²) in [6.07, 6.45) is 18.9. The van der Waals surface area contributed by atoms with Crippen LogP contribution in [0.4, 0.5) is 0 Å². The van der Waals surface area contributed by atoms with E-state index in [-0.39, 0.29) is 0 Å². The molecule has 28 heavy (non-hydrogen) atoms. The molecule has 1 rings (SSSR count). The minimum absolute atomic E-state index is 0.492. The molecule has 2 atom stereocenters. The van der Waals surface area contributed by atoms with Crippen LogP contribution in [0.25, 0.3) is 0 Å². The zero-order valence-corrected chi connectivity index (χ0v) is 19.4. The van der Waals surface area contributed by atoms with E-state index in [0.29, 0.717) is 12.1 Å². The lowest BCUT2D eigenvalue weighted by molar-refractivity contribution is 0.492. The van der Waals surface area contributed by atoms with Crippen LogP contribution in [0.1, 0.15) is 127 Å². The summed E-state index contributed by atoms with van der Waals surface area (Å²) in [7, 11) is 4.20. The van der Waals surface area contributed by atoms with Crippen molar-refractivity contribution in [2.24, 2.45) is 0 Å². The lowest BCUT2D eigenvalue weighted by Gasteiger charge is -2.20. The zero-order valence-electron chi connectivity index (χ0n) is 19.4. The van der Waals surface area contributed by atoms with E-state index < -0.39 is 0 Å². The molecule has 0 amide bonds. The molecule has 0 bridgehead atoms. The zero-order chi connectivity index (χ0) is 20.5. The summed E-state index contributed by atoms with van der Waals surface area (Å²) >= 11 is 0. The first-order valence-electron chi connectivity index (χ1n) is 12.2. The highest BCUT2D eigenvalue weighted by Crippen LogP contribution is 2.25. The Morgan fingerprint density at radius 1 is 0.536 bits per heavy atom. The minimum Gasteiger partial charge on any atom is -0.313 e. The van der Waals surface area contributed by atoms with E-state index in [2.05, 4.69) is 62.8 Å². The Morgan fingerprint density at radius 2 is 0.857 bits per heavy atom. The van der Waals surface area contributed by atoms with Crippen LogP contribution in [-0.4, -0.2) is 14.1 Å². The summed E-state index contributed by atoms with van der Waals surface area (Å²) in [5.41, 5.74) is 2.88. The van der Waals surface area contributed by atoms with Gasteiger partial charge in [-0.2, -0.15) is 0 Å². The highest BCUT2D eigenvalue weighted by Gasteiger charge is 2.12. The fourth-order valence-electron chi connectivity index (χ4n) is 4.17. The van der Waals surface area contributed by atoms with Gasteiger partial charge in [0.2, 0.25) is 0 Å². The van der Waals surface area contributed by atoms with Crippen LogP contribution in [0, 0.1) is 0 Å². The molecule has 2 unspecified atom stereocenters. The monoisotopic (exact) mass is 388 g/mol. The maximum Gasteiger partial charge on any atom is 0.0317 e. The molecule has 0 radical (unpaired) electrons. The molecular weight excluding hydrogens is 340 g/mol. The van der Waals surface area contributed by atoms with Gasteiger partial charge in [0.25, 0.3) is 0 Å². The van der Waals surface area contributed by atoms with E-state index in [4.69, 9.17) is 0 Å². The molecule has 0 heterocycles. The van der Waals surface area contributed by atoms with Gasteiger partial charge in [-0.05, 0) is 38.1 Å². The SMILES string of the molecule is CCCCCCCCC(NC)c1ccc(C(CCCCCCCC)NC)cc1. The number of hydrogen-bond acceptors (Lipinski definition) is 2. The largest absolute Gasteiger partial charge is 0.313 e. The third-order valence-corrected chi connectivity index (χ3v) is 6.13. The van der Waals surface area contributed by atoms with Crippen molar-refractivity contribution in [3.05, 3.63) is 35.4 Å². The number of hydrogen-bond donors (Lipinski definition) is 2. The Bertz CT molecular complexity index is 411. The van der Waals surface area contributed by atoms with Crippen LogP contribution in [0.2, 0.25) is 0 Å². The Labute approximate surface area is 176 Å². The third kappa shape index (κ3) is 10.6. The van der Waals surface area contributed by atoms with Gasteiger partial charge in [-0.1, -0.05) is 115 Å². The average molecular weight is 389 g/mol. The summed E-state index contributed by atoms with van der Waals surface area (Å²) < 4.78 is 0. The second-order valence-corrected chi connectivity index (χ2v) is 8.46. The first-order chi connectivity index (χ1) is 13.8. The highest BCUT2D eigenvalue weighted by atomic mass is 14.9. The smallest absolute Gasteiger partial charge is 0.0317 e. The van der Waals surface area contributed by atoms with Crippen LogP contribution >= 0.6 is 0 Å². The molecule has 2 nitrogen and oxygen atoms in total. The molecule has 2 heteroatoms. The molecule has 0 saturated heterocycles. The first-order valence-corrected chi connectivity index (χ1v) is 12.2. The molecule has 0 aliphatic carbocycles. The molecule has 0 saturated carbocycles. The van der Waals surface area contributed by atoms with Crippen molar-refractivity contribution in [2.45, 2.75) is 116 Å². The maximum absolute atomic E-state index is 3.53. The van der Waals surface area contributed by atoms with E-state index in [0.717, 1.165) is 0 Å². The average Bonchev–Trinajstić information content (AvgIpc) is 2.73. The Balaban J connectivity index is 2.41. The summed E-state index contributed by atoms with van der Waals surface area (Å²) in [5, 5.41) is 7.05. The number of benzene rings is 1. The Morgan fingerprint density at radius 3 is 1.18 bits per heavy atom. The lowest BCUT2D eigenvalue weighted by atomic mass is 9.95.